The van der Waals surface area contributed by atoms with E-state index in [4.69, 9.17) is 4.74 Å². The van der Waals surface area contributed by atoms with E-state index in [1.807, 2.05) is 0 Å². The van der Waals surface area contributed by atoms with Crippen LogP contribution in [0, 0.1) is 6.92 Å². The van der Waals surface area contributed by atoms with Gasteiger partial charge in [0.1, 0.15) is 0 Å². The molecule has 21 heavy (non-hydrogen) atoms. The fourth-order valence-corrected chi connectivity index (χ4v) is 2.31. The van der Waals surface area contributed by atoms with E-state index in [0.29, 0.717) is 13.0 Å². The quantitative estimate of drug-likeness (QED) is 0.394. The topological polar surface area (TPSA) is 26.3 Å². The highest BCUT2D eigenvalue weighted by molar-refractivity contribution is 5.69. The van der Waals surface area contributed by atoms with Gasteiger partial charge < -0.3 is 4.74 Å². The molecule has 0 spiro atoms. The Labute approximate surface area is 129 Å². The maximum absolute atomic E-state index is 11.4. The van der Waals surface area contributed by atoms with Crippen molar-refractivity contribution in [2.75, 3.05) is 6.61 Å². The van der Waals surface area contributed by atoms with Crippen molar-refractivity contribution in [3.8, 4) is 0 Å². The molecule has 117 valence electrons. The van der Waals surface area contributed by atoms with Gasteiger partial charge in [0, 0.05) is 6.42 Å². The number of aryl methyl sites for hydroxylation is 1. The first-order valence-electron chi connectivity index (χ1n) is 8.31. The smallest absolute Gasteiger partial charge is 0.305 e. The zero-order chi connectivity index (χ0) is 15.2. The van der Waals surface area contributed by atoms with Crippen LogP contribution in [0.4, 0.5) is 0 Å². The molecule has 1 aromatic rings. The molecule has 0 aliphatic heterocycles. The summed E-state index contributed by atoms with van der Waals surface area (Å²) in [5.74, 6) is -0.0386. The van der Waals surface area contributed by atoms with Crippen molar-refractivity contribution in [2.24, 2.45) is 0 Å². The predicted molar refractivity (Wildman–Crippen MR) is 88.0 cm³/mol. The molecule has 0 unspecified atom stereocenters. The number of hydrogen-bond donors (Lipinski definition) is 0. The van der Waals surface area contributed by atoms with E-state index in [9.17, 15) is 4.79 Å². The average molecular weight is 289 g/mol. The molecule has 2 heteroatoms. The molecule has 0 saturated heterocycles. The van der Waals surface area contributed by atoms with Gasteiger partial charge >= 0.3 is 5.97 Å². The Morgan fingerprint density at radius 2 is 1.62 bits per heavy atom. The summed E-state index contributed by atoms with van der Waals surface area (Å²) in [6, 6.07) is 10.6. The summed E-state index contributed by atoms with van der Waals surface area (Å²) in [6.07, 6.45) is 10.3. The molecule has 1 radical (unpaired) electrons. The SMILES string of the molecule is [CH2]CCCCCC(=O)OCCCCCCc1ccccc1. The number of benzene rings is 1. The van der Waals surface area contributed by atoms with E-state index in [1.54, 1.807) is 0 Å². The summed E-state index contributed by atoms with van der Waals surface area (Å²) < 4.78 is 5.23. The second-order valence-electron chi connectivity index (χ2n) is 5.53. The number of hydrogen-bond acceptors (Lipinski definition) is 2. The van der Waals surface area contributed by atoms with Crippen molar-refractivity contribution in [1.29, 1.82) is 0 Å². The zero-order valence-corrected chi connectivity index (χ0v) is 13.2. The van der Waals surface area contributed by atoms with Crippen LogP contribution in [0.25, 0.3) is 0 Å². The van der Waals surface area contributed by atoms with Crippen molar-refractivity contribution in [3.05, 3.63) is 42.8 Å². The Hall–Kier alpha value is -1.31. The highest BCUT2D eigenvalue weighted by Crippen LogP contribution is 2.08. The standard InChI is InChI=1S/C19H29O2/c1-2-3-4-11-16-19(20)21-17-12-6-5-8-13-18-14-9-7-10-15-18/h7,9-10,14-15H,1-6,8,11-13,16-17H2. The van der Waals surface area contributed by atoms with Crippen molar-refractivity contribution < 1.29 is 9.53 Å². The Kier molecular flexibility index (Phi) is 10.5. The van der Waals surface area contributed by atoms with Crippen molar-refractivity contribution >= 4 is 5.97 Å². The lowest BCUT2D eigenvalue weighted by Crippen LogP contribution is -2.05. The number of unbranched alkanes of at least 4 members (excludes halogenated alkanes) is 6. The van der Waals surface area contributed by atoms with E-state index in [0.717, 1.165) is 44.9 Å². The predicted octanol–water partition coefficient (Wildman–Crippen LogP) is 5.12. The maximum Gasteiger partial charge on any atom is 0.305 e. The molecule has 0 fully saturated rings. The maximum atomic E-state index is 11.4. The molecule has 0 amide bonds. The summed E-state index contributed by atoms with van der Waals surface area (Å²) in [5.41, 5.74) is 1.41. The largest absolute Gasteiger partial charge is 0.466 e. The third-order valence-corrected chi connectivity index (χ3v) is 3.60. The normalized spacial score (nSPS) is 10.5. The second kappa shape index (κ2) is 12.4. The zero-order valence-electron chi connectivity index (χ0n) is 13.2. The van der Waals surface area contributed by atoms with Gasteiger partial charge in [-0.15, -0.1) is 0 Å². The molecular formula is C19H29O2. The van der Waals surface area contributed by atoms with E-state index in [-0.39, 0.29) is 5.97 Å². The van der Waals surface area contributed by atoms with E-state index < -0.39 is 0 Å². The first-order valence-corrected chi connectivity index (χ1v) is 8.31. The number of ether oxygens (including phenoxy) is 1. The molecule has 0 bridgehead atoms. The highest BCUT2D eigenvalue weighted by atomic mass is 16.5. The van der Waals surface area contributed by atoms with Crippen LogP contribution in [0.15, 0.2) is 30.3 Å². The molecule has 0 saturated carbocycles. The van der Waals surface area contributed by atoms with Crippen LogP contribution >= 0.6 is 0 Å². The van der Waals surface area contributed by atoms with Gasteiger partial charge in [-0.1, -0.05) is 69.4 Å². The number of carbonyl (C=O) groups is 1. The molecule has 0 heterocycles. The van der Waals surface area contributed by atoms with Crippen molar-refractivity contribution in [1.82, 2.24) is 0 Å². The molecule has 0 aliphatic rings. The molecule has 0 N–H and O–H groups in total. The van der Waals surface area contributed by atoms with E-state index in [1.165, 1.54) is 18.4 Å². The fourth-order valence-electron chi connectivity index (χ4n) is 2.31. The Bertz CT molecular complexity index is 359. The molecule has 0 aliphatic carbocycles. The molecule has 0 aromatic heterocycles. The van der Waals surface area contributed by atoms with Gasteiger partial charge in [0.15, 0.2) is 0 Å². The van der Waals surface area contributed by atoms with Crippen molar-refractivity contribution in [3.63, 3.8) is 0 Å². The van der Waals surface area contributed by atoms with Crippen LogP contribution in [-0.4, -0.2) is 12.6 Å². The second-order valence-corrected chi connectivity index (χ2v) is 5.53. The van der Waals surface area contributed by atoms with Crippen molar-refractivity contribution in [2.45, 2.75) is 64.2 Å². The third kappa shape index (κ3) is 10.1. The van der Waals surface area contributed by atoms with Gasteiger partial charge in [0.25, 0.3) is 0 Å². The van der Waals surface area contributed by atoms with Gasteiger partial charge in [-0.25, -0.2) is 0 Å². The van der Waals surface area contributed by atoms with Crippen LogP contribution < -0.4 is 0 Å². The summed E-state index contributed by atoms with van der Waals surface area (Å²) in [4.78, 5) is 11.4. The Balaban J connectivity index is 1.87. The first kappa shape index (κ1) is 17.7. The summed E-state index contributed by atoms with van der Waals surface area (Å²) in [7, 11) is 0. The Morgan fingerprint density at radius 3 is 2.38 bits per heavy atom. The number of esters is 1. The monoisotopic (exact) mass is 289 g/mol. The van der Waals surface area contributed by atoms with Crippen LogP contribution in [0.2, 0.25) is 0 Å². The molecule has 2 nitrogen and oxygen atoms in total. The minimum atomic E-state index is -0.0386. The van der Waals surface area contributed by atoms with Crippen LogP contribution in [0.5, 0.6) is 0 Å². The molecule has 0 atom stereocenters. The number of rotatable bonds is 12. The average Bonchev–Trinajstić information content (AvgIpc) is 2.51. The highest BCUT2D eigenvalue weighted by Gasteiger charge is 2.02. The van der Waals surface area contributed by atoms with Crippen LogP contribution in [-0.2, 0) is 16.0 Å². The van der Waals surface area contributed by atoms with E-state index in [2.05, 4.69) is 37.3 Å². The van der Waals surface area contributed by atoms with E-state index >= 15 is 0 Å². The van der Waals surface area contributed by atoms with Gasteiger partial charge in [-0.2, -0.15) is 0 Å². The first-order chi connectivity index (χ1) is 10.3. The summed E-state index contributed by atoms with van der Waals surface area (Å²) in [6.45, 7) is 4.37. The summed E-state index contributed by atoms with van der Waals surface area (Å²) >= 11 is 0. The lowest BCUT2D eigenvalue weighted by molar-refractivity contribution is -0.143. The van der Waals surface area contributed by atoms with Gasteiger partial charge in [-0.05, 0) is 31.2 Å². The van der Waals surface area contributed by atoms with Crippen LogP contribution in [0.1, 0.15) is 63.4 Å². The van der Waals surface area contributed by atoms with Gasteiger partial charge in [0.05, 0.1) is 6.61 Å². The van der Waals surface area contributed by atoms with Gasteiger partial charge in [0.2, 0.25) is 0 Å². The lowest BCUT2D eigenvalue weighted by Gasteiger charge is -2.05. The molecule has 1 rings (SSSR count). The minimum Gasteiger partial charge on any atom is -0.466 e. The molecular weight excluding hydrogens is 260 g/mol. The number of carbonyl (C=O) groups excluding carboxylic acids is 1. The van der Waals surface area contributed by atoms with Gasteiger partial charge in [-0.3, -0.25) is 4.79 Å². The minimum absolute atomic E-state index is 0.0386. The summed E-state index contributed by atoms with van der Waals surface area (Å²) in [5, 5.41) is 0. The fraction of sp³-hybridized carbons (Fsp3) is 0.579. The lowest BCUT2D eigenvalue weighted by atomic mass is 10.1. The Morgan fingerprint density at radius 1 is 0.905 bits per heavy atom. The third-order valence-electron chi connectivity index (χ3n) is 3.60. The van der Waals surface area contributed by atoms with Crippen LogP contribution in [0.3, 0.4) is 0 Å². The molecule has 1 aromatic carbocycles.